The van der Waals surface area contributed by atoms with Crippen molar-refractivity contribution in [3.63, 3.8) is 0 Å². The average Bonchev–Trinajstić information content (AvgIpc) is 2.52. The van der Waals surface area contributed by atoms with Crippen LogP contribution in [0.15, 0.2) is 36.4 Å². The van der Waals surface area contributed by atoms with Gasteiger partial charge in [0.25, 0.3) is 0 Å². The van der Waals surface area contributed by atoms with Crippen molar-refractivity contribution in [3.05, 3.63) is 67.6 Å². The van der Waals surface area contributed by atoms with Gasteiger partial charge in [-0.3, -0.25) is 0 Å². The highest BCUT2D eigenvalue weighted by atomic mass is 80.0. The Labute approximate surface area is 208 Å². The maximum atomic E-state index is 9.14. The molecule has 0 aliphatic carbocycles. The molecule has 10 heteroatoms. The molecule has 0 bridgehead atoms. The first-order valence-corrected chi connectivity index (χ1v) is 16.8. The first-order valence-electron chi connectivity index (χ1n) is 6.95. The van der Waals surface area contributed by atoms with Crippen LogP contribution in [0.5, 0.6) is 0 Å². The minimum Gasteiger partial charge on any atom is -0.389 e. The third kappa shape index (κ3) is 12.5. The zero-order valence-electron chi connectivity index (χ0n) is 13.5. The number of halogens is 8. The standard InChI is InChI=1S/C8H7BrCl2.C8H8Cl2O.Br3P/c1-5(9)6-2-3-7(10)8(11)4-6;1-5(11)6-2-3-7(9)8(10)4-6;1-4(2)3/h2-5H,1H3;2-5,11H,1H3;. The molecule has 2 aromatic carbocycles. The van der Waals surface area contributed by atoms with E-state index in [2.05, 4.69) is 62.4 Å². The molecule has 2 rings (SSSR count). The van der Waals surface area contributed by atoms with Gasteiger partial charge in [-0.2, -0.15) is 0 Å². The molecular weight excluding hydrogens is 701 g/mol. The summed E-state index contributed by atoms with van der Waals surface area (Å²) in [5, 5.41) is 11.3. The molecule has 26 heavy (non-hydrogen) atoms. The van der Waals surface area contributed by atoms with E-state index in [0.29, 0.717) is 24.9 Å². The van der Waals surface area contributed by atoms with Crippen LogP contribution in [-0.2, 0) is 0 Å². The van der Waals surface area contributed by atoms with E-state index in [9.17, 15) is 0 Å². The Kier molecular flexibility index (Phi) is 15.9. The van der Waals surface area contributed by atoms with Gasteiger partial charge in [-0.1, -0.05) is 74.5 Å². The van der Waals surface area contributed by atoms with Crippen molar-refractivity contribution in [2.24, 2.45) is 0 Å². The maximum absolute atomic E-state index is 9.14. The van der Waals surface area contributed by atoms with Gasteiger partial charge in [-0.05, 0) is 95.7 Å². The van der Waals surface area contributed by atoms with Gasteiger partial charge in [0.2, 0.25) is 0 Å². The molecule has 0 aliphatic rings. The van der Waals surface area contributed by atoms with E-state index in [0.717, 1.165) is 11.1 Å². The van der Waals surface area contributed by atoms with E-state index in [4.69, 9.17) is 51.5 Å². The highest BCUT2D eigenvalue weighted by Crippen LogP contribution is 2.59. The molecule has 0 heterocycles. The lowest BCUT2D eigenvalue weighted by Crippen LogP contribution is -1.89. The Balaban J connectivity index is 0.000000401. The summed E-state index contributed by atoms with van der Waals surface area (Å²) in [5.74, 6) is 0. The van der Waals surface area contributed by atoms with Crippen molar-refractivity contribution in [1.29, 1.82) is 0 Å². The van der Waals surface area contributed by atoms with Crippen molar-refractivity contribution < 1.29 is 5.11 Å². The summed E-state index contributed by atoms with van der Waals surface area (Å²) < 4.78 is -0.183. The average molecular weight is 716 g/mol. The zero-order chi connectivity index (χ0) is 20.4. The minimum atomic E-state index is -0.496. The lowest BCUT2D eigenvalue weighted by molar-refractivity contribution is 0.199. The van der Waals surface area contributed by atoms with Crippen molar-refractivity contribution >= 4 is 113 Å². The second-order valence-electron chi connectivity index (χ2n) is 4.83. The Morgan fingerprint density at radius 2 is 1.12 bits per heavy atom. The molecular formula is C16H15Br4Cl4OP. The van der Waals surface area contributed by atoms with Gasteiger partial charge in [0.05, 0.1) is 26.2 Å². The van der Waals surface area contributed by atoms with Crippen LogP contribution in [0.2, 0.25) is 20.1 Å². The Morgan fingerprint density at radius 3 is 1.42 bits per heavy atom. The van der Waals surface area contributed by atoms with Gasteiger partial charge in [0, 0.05) is 4.83 Å². The van der Waals surface area contributed by atoms with Crippen LogP contribution in [0.1, 0.15) is 35.9 Å². The van der Waals surface area contributed by atoms with Gasteiger partial charge in [-0.15, -0.1) is 0 Å². The van der Waals surface area contributed by atoms with E-state index >= 15 is 0 Å². The number of alkyl halides is 1. The zero-order valence-corrected chi connectivity index (χ0v) is 23.8. The highest BCUT2D eigenvalue weighted by Gasteiger charge is 2.03. The molecule has 0 amide bonds. The molecule has 0 fully saturated rings. The monoisotopic (exact) mass is 710 g/mol. The molecule has 0 aliphatic heterocycles. The molecule has 1 N–H and O–H groups in total. The molecule has 0 saturated heterocycles. The predicted molar refractivity (Wildman–Crippen MR) is 135 cm³/mol. The maximum Gasteiger partial charge on any atom is 0.103 e. The van der Waals surface area contributed by atoms with E-state index in [1.165, 1.54) is 0 Å². The third-order valence-electron chi connectivity index (χ3n) is 2.83. The molecule has 2 aromatic rings. The Morgan fingerprint density at radius 1 is 0.769 bits per heavy atom. The number of rotatable bonds is 2. The highest BCUT2D eigenvalue weighted by molar-refractivity contribution is 9.93. The first kappa shape index (κ1) is 27.9. The quantitative estimate of drug-likeness (QED) is 0.242. The summed E-state index contributed by atoms with van der Waals surface area (Å²) in [6, 6.07) is 10.7. The third-order valence-corrected chi connectivity index (χ3v) is 4.84. The van der Waals surface area contributed by atoms with Crippen molar-refractivity contribution in [2.45, 2.75) is 24.8 Å². The van der Waals surface area contributed by atoms with E-state index in [-0.39, 0.29) is 4.03 Å². The van der Waals surface area contributed by atoms with E-state index in [1.807, 2.05) is 19.1 Å². The lowest BCUT2D eigenvalue weighted by Gasteiger charge is -2.04. The van der Waals surface area contributed by atoms with Crippen LogP contribution in [0, 0.1) is 0 Å². The smallest absolute Gasteiger partial charge is 0.103 e. The van der Waals surface area contributed by atoms with Crippen LogP contribution in [0.3, 0.4) is 0 Å². The van der Waals surface area contributed by atoms with Crippen molar-refractivity contribution in [3.8, 4) is 0 Å². The molecule has 0 spiro atoms. The Hall–Kier alpha value is 1.91. The summed E-state index contributed by atoms with van der Waals surface area (Å²) in [5.41, 5.74) is 1.92. The Bertz CT molecular complexity index is 629. The summed E-state index contributed by atoms with van der Waals surface area (Å²) in [6.07, 6.45) is -0.496. The van der Waals surface area contributed by atoms with Gasteiger partial charge >= 0.3 is 0 Å². The minimum absolute atomic E-state index is 0.183. The summed E-state index contributed by atoms with van der Waals surface area (Å²) in [6.45, 7) is 3.72. The first-order chi connectivity index (χ1) is 12.0. The predicted octanol–water partition coefficient (Wildman–Crippen LogP) is 10.9. The van der Waals surface area contributed by atoms with Crippen LogP contribution in [0.4, 0.5) is 0 Å². The molecule has 2 unspecified atom stereocenters. The largest absolute Gasteiger partial charge is 0.389 e. The van der Waals surface area contributed by atoms with Crippen LogP contribution in [0.25, 0.3) is 0 Å². The topological polar surface area (TPSA) is 20.2 Å². The van der Waals surface area contributed by atoms with Crippen molar-refractivity contribution in [1.82, 2.24) is 0 Å². The van der Waals surface area contributed by atoms with Gasteiger partial charge in [0.1, 0.15) is 4.03 Å². The van der Waals surface area contributed by atoms with Gasteiger partial charge < -0.3 is 5.11 Å². The molecule has 2 atom stereocenters. The molecule has 1 nitrogen and oxygen atoms in total. The van der Waals surface area contributed by atoms with Crippen LogP contribution >= 0.6 is 113 Å². The lowest BCUT2D eigenvalue weighted by atomic mass is 10.1. The van der Waals surface area contributed by atoms with Crippen LogP contribution in [-0.4, -0.2) is 5.11 Å². The fraction of sp³-hybridized carbons (Fsp3) is 0.250. The van der Waals surface area contributed by atoms with Crippen LogP contribution < -0.4 is 0 Å². The summed E-state index contributed by atoms with van der Waals surface area (Å²) in [7, 11) is 0. The fourth-order valence-corrected chi connectivity index (χ4v) is 2.43. The van der Waals surface area contributed by atoms with Gasteiger partial charge in [-0.25, -0.2) is 0 Å². The second-order valence-corrected chi connectivity index (χ2v) is 23.2. The molecule has 0 radical (unpaired) electrons. The van der Waals surface area contributed by atoms with E-state index in [1.54, 1.807) is 31.2 Å². The number of aliphatic hydroxyl groups excluding tert-OH is 1. The number of aliphatic hydroxyl groups is 1. The molecule has 0 saturated carbocycles. The second kappa shape index (κ2) is 14.8. The molecule has 0 aromatic heterocycles. The fourth-order valence-electron chi connectivity index (χ4n) is 1.53. The normalized spacial score (nSPS) is 12.5. The van der Waals surface area contributed by atoms with Gasteiger partial charge in [0.15, 0.2) is 0 Å². The SMILES string of the molecule is BrP(Br)Br.CC(Br)c1ccc(Cl)c(Cl)c1.CC(O)c1ccc(Cl)c(Cl)c1. The summed E-state index contributed by atoms with van der Waals surface area (Å²) >= 11 is 35.9. The summed E-state index contributed by atoms with van der Waals surface area (Å²) in [4.78, 5) is 0.317. The number of hydrogen-bond donors (Lipinski definition) is 1. The van der Waals surface area contributed by atoms with E-state index < -0.39 is 6.10 Å². The number of hydrogen-bond acceptors (Lipinski definition) is 1. The molecule has 146 valence electrons. The number of benzene rings is 2. The van der Waals surface area contributed by atoms with Crippen molar-refractivity contribution in [2.75, 3.05) is 0 Å².